The number of benzene rings is 3. The summed E-state index contributed by atoms with van der Waals surface area (Å²) in [6, 6.07) is 15.6. The minimum Gasteiger partial charge on any atom is -0.481 e. The molecular formula is C37H43FN2O7. The van der Waals surface area contributed by atoms with Crippen LogP contribution in [0.2, 0.25) is 0 Å². The third-order valence-electron chi connectivity index (χ3n) is 9.68. The Bertz CT molecular complexity index is 1610. The fourth-order valence-electron chi connectivity index (χ4n) is 7.48. The highest BCUT2D eigenvalue weighted by atomic mass is 19.1. The number of rotatable bonds is 13. The van der Waals surface area contributed by atoms with E-state index >= 15 is 0 Å². The molecule has 0 aliphatic carbocycles. The van der Waals surface area contributed by atoms with E-state index < -0.39 is 17.9 Å². The topological polar surface area (TPSA) is 97.8 Å². The van der Waals surface area contributed by atoms with Crippen molar-refractivity contribution in [1.29, 1.82) is 0 Å². The number of anilines is 1. The molecule has 0 bridgehead atoms. The van der Waals surface area contributed by atoms with E-state index in [9.17, 15) is 19.1 Å². The molecule has 1 fully saturated rings. The van der Waals surface area contributed by atoms with Gasteiger partial charge in [0, 0.05) is 30.2 Å². The van der Waals surface area contributed by atoms with Crippen molar-refractivity contribution in [1.82, 2.24) is 4.90 Å². The smallest absolute Gasteiger partial charge is 0.308 e. The van der Waals surface area contributed by atoms with Gasteiger partial charge in [-0.15, -0.1) is 0 Å². The first-order chi connectivity index (χ1) is 22.8. The highest BCUT2D eigenvalue weighted by Crippen LogP contribution is 2.44. The number of para-hydroxylation sites is 1. The van der Waals surface area contributed by atoms with Crippen LogP contribution in [-0.2, 0) is 16.0 Å². The van der Waals surface area contributed by atoms with E-state index in [-0.39, 0.29) is 43.8 Å². The van der Waals surface area contributed by atoms with Crippen LogP contribution in [0.1, 0.15) is 68.6 Å². The highest BCUT2D eigenvalue weighted by molar-refractivity contribution is 5.95. The Labute approximate surface area is 275 Å². The molecule has 0 aromatic heterocycles. The van der Waals surface area contributed by atoms with Gasteiger partial charge in [0.15, 0.2) is 23.0 Å². The van der Waals surface area contributed by atoms with Gasteiger partial charge in [0.05, 0.1) is 12.5 Å². The number of amides is 1. The molecule has 47 heavy (non-hydrogen) atoms. The standard InChI is InChI=1S/C37H43FN2O7/c1-4-7-26(8-5-2)40(27-13-14-29(38)23(3)17-27)34(41)20-39-19-28(25-12-16-31-33(18-25)46-21-44-31)35(37(42)43)30(39)15-11-24-9-6-10-32-36(24)47-22-45-32/h6,9-10,12-14,16-18,26,28,30,35H,4-5,7-8,11,15,19-22H2,1-3H3,(H,42,43)/t28-,30+,35?/m1/s1. The number of likely N-dealkylation sites (tertiary alicyclic amines) is 1. The lowest BCUT2D eigenvalue weighted by molar-refractivity contribution is -0.143. The van der Waals surface area contributed by atoms with Gasteiger partial charge in [-0.3, -0.25) is 14.5 Å². The molecule has 3 atom stereocenters. The fraction of sp³-hybridized carbons (Fsp3) is 0.459. The first-order valence-corrected chi connectivity index (χ1v) is 16.6. The Kier molecular flexibility index (Phi) is 9.87. The second kappa shape index (κ2) is 14.2. The maximum Gasteiger partial charge on any atom is 0.308 e. The molecule has 1 amide bonds. The normalized spacial score (nSPS) is 19.8. The number of aliphatic carboxylic acids is 1. The summed E-state index contributed by atoms with van der Waals surface area (Å²) in [5, 5.41) is 10.7. The molecule has 250 valence electrons. The van der Waals surface area contributed by atoms with Crippen molar-refractivity contribution in [3.05, 3.63) is 77.1 Å². The number of hydrogen-bond acceptors (Lipinski definition) is 7. The molecule has 0 radical (unpaired) electrons. The van der Waals surface area contributed by atoms with Crippen LogP contribution >= 0.6 is 0 Å². The Morgan fingerprint density at radius 2 is 1.70 bits per heavy atom. The number of nitrogens with zero attached hydrogens (tertiary/aromatic N) is 2. The molecule has 3 aliphatic rings. The predicted molar refractivity (Wildman–Crippen MR) is 175 cm³/mol. The van der Waals surface area contributed by atoms with Crippen molar-refractivity contribution in [3.8, 4) is 23.0 Å². The maximum atomic E-state index is 14.5. The van der Waals surface area contributed by atoms with E-state index in [0.717, 1.165) is 36.8 Å². The summed E-state index contributed by atoms with van der Waals surface area (Å²) in [4.78, 5) is 31.5. The molecule has 1 N–H and O–H groups in total. The quantitative estimate of drug-likeness (QED) is 0.219. The first kappa shape index (κ1) is 32.6. The highest BCUT2D eigenvalue weighted by Gasteiger charge is 2.47. The summed E-state index contributed by atoms with van der Waals surface area (Å²) >= 11 is 0. The number of halogens is 1. The molecule has 1 saturated heterocycles. The number of aryl methyl sites for hydroxylation is 2. The van der Waals surface area contributed by atoms with Crippen molar-refractivity contribution in [2.75, 3.05) is 31.6 Å². The summed E-state index contributed by atoms with van der Waals surface area (Å²) in [5.74, 6) is 0.0717. The summed E-state index contributed by atoms with van der Waals surface area (Å²) in [7, 11) is 0. The van der Waals surface area contributed by atoms with E-state index in [1.807, 2.05) is 46.2 Å². The van der Waals surface area contributed by atoms with Gasteiger partial charge in [-0.2, -0.15) is 0 Å². The number of fused-ring (bicyclic) bond motifs is 2. The molecule has 0 spiro atoms. The predicted octanol–water partition coefficient (Wildman–Crippen LogP) is 6.69. The van der Waals surface area contributed by atoms with Crippen LogP contribution in [0.25, 0.3) is 0 Å². The van der Waals surface area contributed by atoms with Gasteiger partial charge in [-0.05, 0) is 85.7 Å². The molecule has 3 aliphatic heterocycles. The van der Waals surface area contributed by atoms with Crippen molar-refractivity contribution < 1.29 is 38.0 Å². The fourth-order valence-corrected chi connectivity index (χ4v) is 7.48. The summed E-state index contributed by atoms with van der Waals surface area (Å²) < 4.78 is 36.8. The zero-order valence-corrected chi connectivity index (χ0v) is 27.2. The van der Waals surface area contributed by atoms with E-state index in [1.54, 1.807) is 19.1 Å². The van der Waals surface area contributed by atoms with Crippen LogP contribution in [0.4, 0.5) is 10.1 Å². The Hall–Kier alpha value is -4.31. The average molecular weight is 647 g/mol. The molecule has 10 heteroatoms. The van der Waals surface area contributed by atoms with Crippen molar-refractivity contribution >= 4 is 17.6 Å². The molecule has 0 saturated carbocycles. The molecule has 6 rings (SSSR count). The summed E-state index contributed by atoms with van der Waals surface area (Å²) in [6.07, 6.45) is 4.43. The monoisotopic (exact) mass is 646 g/mol. The Morgan fingerprint density at radius 1 is 0.957 bits per heavy atom. The molecule has 3 aromatic carbocycles. The zero-order chi connectivity index (χ0) is 33.1. The largest absolute Gasteiger partial charge is 0.481 e. The third kappa shape index (κ3) is 6.74. The van der Waals surface area contributed by atoms with Crippen LogP contribution in [0.5, 0.6) is 23.0 Å². The maximum absolute atomic E-state index is 14.5. The van der Waals surface area contributed by atoms with Crippen LogP contribution < -0.4 is 23.8 Å². The molecule has 3 aromatic rings. The molecule has 3 heterocycles. The Balaban J connectivity index is 1.34. The number of carboxylic acids is 1. The Morgan fingerprint density at radius 3 is 2.45 bits per heavy atom. The molecule has 1 unspecified atom stereocenters. The van der Waals surface area contributed by atoms with Crippen LogP contribution in [-0.4, -0.2) is 60.6 Å². The van der Waals surface area contributed by atoms with E-state index in [4.69, 9.17) is 18.9 Å². The van der Waals surface area contributed by atoms with Crippen LogP contribution in [0, 0.1) is 18.7 Å². The molecule has 9 nitrogen and oxygen atoms in total. The number of hydrogen-bond donors (Lipinski definition) is 1. The third-order valence-corrected chi connectivity index (χ3v) is 9.68. The minimum absolute atomic E-state index is 0.0301. The second-order valence-corrected chi connectivity index (χ2v) is 12.7. The summed E-state index contributed by atoms with van der Waals surface area (Å²) in [6.45, 7) is 6.58. The van der Waals surface area contributed by atoms with E-state index in [0.29, 0.717) is 53.6 Å². The number of carboxylic acid groups (broad SMARTS) is 1. The van der Waals surface area contributed by atoms with Crippen molar-refractivity contribution in [3.63, 3.8) is 0 Å². The van der Waals surface area contributed by atoms with E-state index in [2.05, 4.69) is 13.8 Å². The van der Waals surface area contributed by atoms with Crippen molar-refractivity contribution in [2.24, 2.45) is 5.92 Å². The summed E-state index contributed by atoms with van der Waals surface area (Å²) in [5.41, 5.74) is 2.91. The van der Waals surface area contributed by atoms with Gasteiger partial charge in [-0.1, -0.05) is 44.9 Å². The van der Waals surface area contributed by atoms with Gasteiger partial charge in [0.2, 0.25) is 19.5 Å². The van der Waals surface area contributed by atoms with Gasteiger partial charge in [0.25, 0.3) is 0 Å². The van der Waals surface area contributed by atoms with Gasteiger partial charge in [0.1, 0.15) is 5.82 Å². The lowest BCUT2D eigenvalue weighted by Gasteiger charge is -2.35. The van der Waals surface area contributed by atoms with E-state index in [1.165, 1.54) is 6.07 Å². The van der Waals surface area contributed by atoms with Gasteiger partial charge in [-0.25, -0.2) is 4.39 Å². The second-order valence-electron chi connectivity index (χ2n) is 12.7. The SMILES string of the molecule is CCCC(CCC)N(C(=O)CN1C[C@H](c2ccc3c(c2)OCO3)C(C(=O)O)[C@@H]1CCc1cccc2c1OCO2)c1ccc(F)c(C)c1. The van der Waals surface area contributed by atoms with Crippen molar-refractivity contribution in [2.45, 2.75) is 77.3 Å². The first-order valence-electron chi connectivity index (χ1n) is 16.6. The van der Waals surface area contributed by atoms with Crippen LogP contribution in [0.3, 0.4) is 0 Å². The average Bonchev–Trinajstić information content (AvgIpc) is 3.80. The molecular weight excluding hydrogens is 603 g/mol. The number of carbonyl (C=O) groups is 2. The number of ether oxygens (including phenoxy) is 4. The number of carbonyl (C=O) groups excluding carboxylic acids is 1. The lowest BCUT2D eigenvalue weighted by Crippen LogP contribution is -2.48. The van der Waals surface area contributed by atoms with Gasteiger partial charge < -0.3 is 29.0 Å². The minimum atomic E-state index is -0.911. The van der Waals surface area contributed by atoms with Crippen LogP contribution in [0.15, 0.2) is 54.6 Å². The van der Waals surface area contributed by atoms with Gasteiger partial charge >= 0.3 is 5.97 Å². The zero-order valence-electron chi connectivity index (χ0n) is 27.2. The lowest BCUT2D eigenvalue weighted by atomic mass is 9.83.